The first-order chi connectivity index (χ1) is 5.27. The van der Waals surface area contributed by atoms with Crippen molar-refractivity contribution in [1.82, 2.24) is 0 Å². The average Bonchev–Trinajstić information content (AvgIpc) is 1.83. The Bertz CT molecular complexity index is 175. The minimum atomic E-state index is -4.79. The zero-order valence-corrected chi connectivity index (χ0v) is 8.60. The van der Waals surface area contributed by atoms with Crippen molar-refractivity contribution in [3.8, 4) is 0 Å². The molecule has 3 nitrogen and oxygen atoms in total. The fourth-order valence-corrected chi connectivity index (χ4v) is 1.51. The molecule has 0 heterocycles. The van der Waals surface area contributed by atoms with Crippen LogP contribution in [0.25, 0.3) is 0 Å². The molecule has 0 aromatic carbocycles. The molecule has 5 heteroatoms. The smallest absolute Gasteiger partial charge is 0.299 e. The van der Waals surface area contributed by atoms with Gasteiger partial charge in [0.05, 0.1) is 6.61 Å². The Morgan fingerprint density at radius 3 is 2.42 bits per heavy atom. The van der Waals surface area contributed by atoms with E-state index >= 15 is 0 Å². The van der Waals surface area contributed by atoms with Gasteiger partial charge in [-0.3, -0.25) is 9.42 Å². The van der Waals surface area contributed by atoms with Crippen molar-refractivity contribution in [2.75, 3.05) is 6.61 Å². The SMILES string of the molecule is CCCC(C)(C)COP(=O)(O)F. The quantitative estimate of drug-likeness (QED) is 0.691. The van der Waals surface area contributed by atoms with E-state index < -0.39 is 7.91 Å². The number of halogens is 1. The maximum Gasteiger partial charge on any atom is 0.510 e. The van der Waals surface area contributed by atoms with E-state index in [2.05, 4.69) is 4.52 Å². The van der Waals surface area contributed by atoms with Crippen LogP contribution in [0.15, 0.2) is 0 Å². The molecule has 0 aromatic heterocycles. The summed E-state index contributed by atoms with van der Waals surface area (Å²) in [6.07, 6.45) is 1.78. The minimum absolute atomic E-state index is 0.0227. The van der Waals surface area contributed by atoms with Gasteiger partial charge < -0.3 is 0 Å². The first-order valence-electron chi connectivity index (χ1n) is 3.94. The average molecular weight is 198 g/mol. The van der Waals surface area contributed by atoms with Gasteiger partial charge in [-0.15, -0.1) is 4.20 Å². The van der Waals surface area contributed by atoms with E-state index in [1.54, 1.807) is 0 Å². The van der Waals surface area contributed by atoms with Crippen LogP contribution >= 0.6 is 7.91 Å². The molecule has 0 bridgehead atoms. The van der Waals surface area contributed by atoms with Crippen LogP contribution in [-0.4, -0.2) is 11.5 Å². The molecule has 0 aliphatic carbocycles. The van der Waals surface area contributed by atoms with Gasteiger partial charge in [-0.2, -0.15) is 0 Å². The van der Waals surface area contributed by atoms with Gasteiger partial charge in [-0.05, 0) is 11.8 Å². The molecule has 0 amide bonds. The molecule has 0 saturated carbocycles. The first-order valence-corrected chi connectivity index (χ1v) is 5.41. The summed E-state index contributed by atoms with van der Waals surface area (Å²) in [4.78, 5) is 8.22. The highest BCUT2D eigenvalue weighted by Gasteiger charge is 2.24. The van der Waals surface area contributed by atoms with Gasteiger partial charge in [-0.25, -0.2) is 4.57 Å². The molecular weight excluding hydrogens is 182 g/mol. The third kappa shape index (κ3) is 6.77. The van der Waals surface area contributed by atoms with Crippen molar-refractivity contribution >= 4 is 7.91 Å². The topological polar surface area (TPSA) is 46.5 Å². The zero-order chi connectivity index (χ0) is 9.83. The van der Waals surface area contributed by atoms with Crippen molar-refractivity contribution in [3.63, 3.8) is 0 Å². The molecule has 0 rings (SSSR count). The Morgan fingerprint density at radius 2 is 2.08 bits per heavy atom. The van der Waals surface area contributed by atoms with E-state index in [1.165, 1.54) is 0 Å². The second-order valence-corrected chi connectivity index (χ2v) is 4.80. The highest BCUT2D eigenvalue weighted by Crippen LogP contribution is 2.45. The molecule has 1 atom stereocenters. The second kappa shape index (κ2) is 4.35. The molecule has 1 unspecified atom stereocenters. The van der Waals surface area contributed by atoms with Gasteiger partial charge >= 0.3 is 7.91 Å². The maximum absolute atomic E-state index is 12.0. The Balaban J connectivity index is 3.83. The van der Waals surface area contributed by atoms with Gasteiger partial charge in [0.25, 0.3) is 0 Å². The van der Waals surface area contributed by atoms with Gasteiger partial charge in [0, 0.05) is 0 Å². The molecule has 12 heavy (non-hydrogen) atoms. The summed E-state index contributed by atoms with van der Waals surface area (Å²) in [6, 6.07) is 0. The van der Waals surface area contributed by atoms with Gasteiger partial charge in [0.1, 0.15) is 0 Å². The lowest BCUT2D eigenvalue weighted by atomic mass is 9.89. The largest absolute Gasteiger partial charge is 0.510 e. The van der Waals surface area contributed by atoms with Gasteiger partial charge in [-0.1, -0.05) is 27.2 Å². The molecule has 1 N–H and O–H groups in total. The molecule has 0 aliphatic heterocycles. The summed E-state index contributed by atoms with van der Waals surface area (Å²) in [5.74, 6) is 0. The predicted molar refractivity (Wildman–Crippen MR) is 45.6 cm³/mol. The molecule has 0 radical (unpaired) electrons. The summed E-state index contributed by atoms with van der Waals surface area (Å²) >= 11 is 0. The summed E-state index contributed by atoms with van der Waals surface area (Å²) in [5, 5.41) is 0. The highest BCUT2D eigenvalue weighted by molar-refractivity contribution is 7.46. The van der Waals surface area contributed by atoms with E-state index in [9.17, 15) is 8.76 Å². The lowest BCUT2D eigenvalue weighted by molar-refractivity contribution is 0.136. The van der Waals surface area contributed by atoms with Crippen molar-refractivity contribution < 1.29 is 18.2 Å². The minimum Gasteiger partial charge on any atom is -0.299 e. The van der Waals surface area contributed by atoms with Crippen molar-refractivity contribution in [2.45, 2.75) is 33.6 Å². The molecule has 0 fully saturated rings. The number of rotatable bonds is 5. The van der Waals surface area contributed by atoms with E-state index in [1.807, 2.05) is 20.8 Å². The van der Waals surface area contributed by atoms with Gasteiger partial charge in [0.15, 0.2) is 0 Å². The molecular formula is C7H16FO3P. The molecule has 0 aliphatic rings. The second-order valence-electron chi connectivity index (χ2n) is 3.64. The van der Waals surface area contributed by atoms with Crippen LogP contribution in [0.5, 0.6) is 0 Å². The van der Waals surface area contributed by atoms with E-state index in [0.717, 1.165) is 12.8 Å². The summed E-state index contributed by atoms with van der Waals surface area (Å²) in [6.45, 7) is 5.71. The Labute approximate surface area is 72.6 Å². The van der Waals surface area contributed by atoms with Crippen LogP contribution in [0.4, 0.5) is 4.20 Å². The lowest BCUT2D eigenvalue weighted by Crippen LogP contribution is -2.17. The Kier molecular flexibility index (Phi) is 4.38. The Morgan fingerprint density at radius 1 is 1.58 bits per heavy atom. The van der Waals surface area contributed by atoms with E-state index in [-0.39, 0.29) is 12.0 Å². The third-order valence-corrected chi connectivity index (χ3v) is 1.99. The monoisotopic (exact) mass is 198 g/mol. The van der Waals surface area contributed by atoms with Crippen LogP contribution in [0.1, 0.15) is 33.6 Å². The van der Waals surface area contributed by atoms with Crippen LogP contribution in [-0.2, 0) is 9.09 Å². The summed E-state index contributed by atoms with van der Waals surface area (Å²) in [7, 11) is -4.79. The standard InChI is InChI=1S/C7H16FO3P/c1-4-5-7(2,3)6-11-12(8,9)10/h4-6H2,1-3H3,(H,9,10). The number of hydrogen-bond acceptors (Lipinski definition) is 2. The first kappa shape index (κ1) is 12.1. The van der Waals surface area contributed by atoms with E-state index in [0.29, 0.717) is 0 Å². The fourth-order valence-electron chi connectivity index (χ4n) is 1.00. The molecule has 74 valence electrons. The molecule has 0 spiro atoms. The Hall–Kier alpha value is 0.0800. The molecule has 0 aromatic rings. The van der Waals surface area contributed by atoms with Crippen molar-refractivity contribution in [2.24, 2.45) is 5.41 Å². The fraction of sp³-hybridized carbons (Fsp3) is 1.00. The number of hydrogen-bond donors (Lipinski definition) is 1. The third-order valence-electron chi connectivity index (χ3n) is 1.54. The van der Waals surface area contributed by atoms with Crippen molar-refractivity contribution in [1.29, 1.82) is 0 Å². The van der Waals surface area contributed by atoms with Gasteiger partial charge in [0.2, 0.25) is 0 Å². The van der Waals surface area contributed by atoms with Crippen molar-refractivity contribution in [3.05, 3.63) is 0 Å². The summed E-state index contributed by atoms with van der Waals surface area (Å²) < 4.78 is 26.4. The normalized spacial score (nSPS) is 17.4. The lowest BCUT2D eigenvalue weighted by Gasteiger charge is -2.22. The van der Waals surface area contributed by atoms with Crippen LogP contribution < -0.4 is 0 Å². The highest BCUT2D eigenvalue weighted by atomic mass is 31.2. The summed E-state index contributed by atoms with van der Waals surface area (Å²) in [5.41, 5.74) is -0.237. The van der Waals surface area contributed by atoms with Crippen LogP contribution in [0.2, 0.25) is 0 Å². The molecule has 0 saturated heterocycles. The van der Waals surface area contributed by atoms with E-state index in [4.69, 9.17) is 4.89 Å². The van der Waals surface area contributed by atoms with Crippen LogP contribution in [0.3, 0.4) is 0 Å². The zero-order valence-electron chi connectivity index (χ0n) is 7.71. The predicted octanol–water partition coefficient (Wildman–Crippen LogP) is 2.90. The maximum atomic E-state index is 12.0. The van der Waals surface area contributed by atoms with Crippen LogP contribution in [0, 0.1) is 5.41 Å².